The molecule has 1 aromatic heterocycles. The lowest BCUT2D eigenvalue weighted by molar-refractivity contribution is 0.0463. The number of hydrogen-bond acceptors (Lipinski definition) is 6. The number of methoxy groups -OCH3 is 1. The maximum absolute atomic E-state index is 12.3. The van der Waals surface area contributed by atoms with Crippen LogP contribution in [0, 0.1) is 6.92 Å². The van der Waals surface area contributed by atoms with Crippen molar-refractivity contribution in [2.45, 2.75) is 13.5 Å². The Morgan fingerprint density at radius 1 is 0.962 bits per heavy atom. The van der Waals surface area contributed by atoms with Gasteiger partial charge in [-0.2, -0.15) is 9.90 Å². The zero-order valence-electron chi connectivity index (χ0n) is 14.4. The van der Waals surface area contributed by atoms with Crippen LogP contribution in [0.25, 0.3) is 5.69 Å². The molecule has 0 spiro atoms. The van der Waals surface area contributed by atoms with E-state index in [0.29, 0.717) is 11.3 Å². The Balaban J connectivity index is 1.67. The smallest absolute Gasteiger partial charge is 0.361 e. The molecule has 0 aliphatic rings. The number of benzene rings is 2. The molecule has 0 unspecified atom stereocenters. The van der Waals surface area contributed by atoms with Crippen LogP contribution in [0.15, 0.2) is 54.6 Å². The molecule has 2 aromatic carbocycles. The lowest BCUT2D eigenvalue weighted by Crippen LogP contribution is -2.08. The lowest BCUT2D eigenvalue weighted by Gasteiger charge is -2.04. The Morgan fingerprint density at radius 3 is 2.31 bits per heavy atom. The zero-order valence-corrected chi connectivity index (χ0v) is 14.4. The van der Waals surface area contributed by atoms with Crippen molar-refractivity contribution in [1.29, 1.82) is 0 Å². The summed E-state index contributed by atoms with van der Waals surface area (Å²) in [5.41, 5.74) is 2.59. The maximum Gasteiger partial charge on any atom is 0.361 e. The molecule has 0 bridgehead atoms. The van der Waals surface area contributed by atoms with Crippen molar-refractivity contribution >= 4 is 11.9 Å². The van der Waals surface area contributed by atoms with Gasteiger partial charge < -0.3 is 9.47 Å². The fourth-order valence-corrected chi connectivity index (χ4v) is 2.32. The maximum atomic E-state index is 12.3. The molecule has 0 atom stereocenters. The molecule has 0 fully saturated rings. The number of nitrogens with zero attached hydrogens (tertiary/aromatic N) is 3. The average molecular weight is 351 g/mol. The van der Waals surface area contributed by atoms with Gasteiger partial charge in [0.05, 0.1) is 24.1 Å². The van der Waals surface area contributed by atoms with E-state index in [2.05, 4.69) is 14.9 Å². The van der Waals surface area contributed by atoms with Crippen LogP contribution in [-0.4, -0.2) is 34.0 Å². The van der Waals surface area contributed by atoms with Crippen molar-refractivity contribution in [3.63, 3.8) is 0 Å². The number of hydrogen-bond donors (Lipinski definition) is 0. The molecule has 3 aromatic rings. The summed E-state index contributed by atoms with van der Waals surface area (Å²) in [4.78, 5) is 25.1. The minimum Gasteiger partial charge on any atom is -0.465 e. The van der Waals surface area contributed by atoms with Crippen molar-refractivity contribution in [2.75, 3.05) is 7.11 Å². The second kappa shape index (κ2) is 7.60. The van der Waals surface area contributed by atoms with Gasteiger partial charge in [-0.25, -0.2) is 9.59 Å². The minimum atomic E-state index is -0.554. The predicted molar refractivity (Wildman–Crippen MR) is 93.0 cm³/mol. The Hall–Kier alpha value is -3.48. The molecule has 0 amide bonds. The second-order valence-electron chi connectivity index (χ2n) is 5.52. The van der Waals surface area contributed by atoms with E-state index >= 15 is 0 Å². The average Bonchev–Trinajstić information content (AvgIpc) is 3.08. The first-order valence-electron chi connectivity index (χ1n) is 7.92. The highest BCUT2D eigenvalue weighted by Gasteiger charge is 2.18. The standard InChI is InChI=1S/C19H17N3O4/c1-13-17(21-22(20-13)16-6-4-3-5-7-16)19(24)26-12-14-8-10-15(11-9-14)18(23)25-2/h3-11H,12H2,1-2H3. The van der Waals surface area contributed by atoms with Gasteiger partial charge in [0.15, 0.2) is 5.69 Å². The second-order valence-corrected chi connectivity index (χ2v) is 5.52. The predicted octanol–water partition coefficient (Wildman–Crippen LogP) is 2.72. The molecule has 7 heteroatoms. The number of aryl methyl sites for hydroxylation is 1. The largest absolute Gasteiger partial charge is 0.465 e. The SMILES string of the molecule is COC(=O)c1ccc(COC(=O)c2nn(-c3ccccc3)nc2C)cc1. The first-order valence-corrected chi connectivity index (χ1v) is 7.92. The monoisotopic (exact) mass is 351 g/mol. The molecule has 0 saturated heterocycles. The summed E-state index contributed by atoms with van der Waals surface area (Å²) in [6.07, 6.45) is 0. The van der Waals surface area contributed by atoms with Crippen molar-refractivity contribution in [1.82, 2.24) is 15.0 Å². The Labute approximate surface area is 150 Å². The van der Waals surface area contributed by atoms with Crippen LogP contribution in [0.2, 0.25) is 0 Å². The number of carbonyl (C=O) groups excluding carboxylic acids is 2. The normalized spacial score (nSPS) is 10.4. The van der Waals surface area contributed by atoms with Crippen molar-refractivity contribution in [3.05, 3.63) is 77.1 Å². The summed E-state index contributed by atoms with van der Waals surface area (Å²) in [6.45, 7) is 1.77. The van der Waals surface area contributed by atoms with Gasteiger partial charge in [-0.05, 0) is 36.8 Å². The topological polar surface area (TPSA) is 83.3 Å². The van der Waals surface area contributed by atoms with E-state index in [1.165, 1.54) is 11.9 Å². The van der Waals surface area contributed by atoms with Gasteiger partial charge >= 0.3 is 11.9 Å². The van der Waals surface area contributed by atoms with E-state index in [1.807, 2.05) is 30.3 Å². The molecule has 132 valence electrons. The van der Waals surface area contributed by atoms with E-state index in [0.717, 1.165) is 11.3 Å². The summed E-state index contributed by atoms with van der Waals surface area (Å²) >= 11 is 0. The molecule has 0 saturated carbocycles. The van der Waals surface area contributed by atoms with Gasteiger partial charge in [0.1, 0.15) is 6.61 Å². The van der Waals surface area contributed by atoms with Crippen LogP contribution >= 0.6 is 0 Å². The van der Waals surface area contributed by atoms with E-state index in [1.54, 1.807) is 31.2 Å². The van der Waals surface area contributed by atoms with Gasteiger partial charge in [0, 0.05) is 0 Å². The molecule has 0 radical (unpaired) electrons. The number of para-hydroxylation sites is 1. The zero-order chi connectivity index (χ0) is 18.5. The summed E-state index contributed by atoms with van der Waals surface area (Å²) in [6, 6.07) is 15.9. The molecule has 1 heterocycles. The van der Waals surface area contributed by atoms with Crippen molar-refractivity contribution in [3.8, 4) is 5.69 Å². The number of aromatic nitrogens is 3. The highest BCUT2D eigenvalue weighted by atomic mass is 16.5. The van der Waals surface area contributed by atoms with Gasteiger partial charge in [-0.3, -0.25) is 0 Å². The van der Waals surface area contributed by atoms with Crippen LogP contribution in [0.1, 0.15) is 32.1 Å². The highest BCUT2D eigenvalue weighted by Crippen LogP contribution is 2.11. The van der Waals surface area contributed by atoms with E-state index in [9.17, 15) is 9.59 Å². The molecule has 0 aliphatic heterocycles. The third-order valence-electron chi connectivity index (χ3n) is 3.71. The van der Waals surface area contributed by atoms with Crippen molar-refractivity contribution in [2.24, 2.45) is 0 Å². The number of carbonyl (C=O) groups is 2. The molecule has 0 aliphatic carbocycles. The fourth-order valence-electron chi connectivity index (χ4n) is 2.32. The third-order valence-corrected chi connectivity index (χ3v) is 3.71. The molecular formula is C19H17N3O4. The Kier molecular flexibility index (Phi) is 5.07. The molecule has 7 nitrogen and oxygen atoms in total. The van der Waals surface area contributed by atoms with E-state index < -0.39 is 11.9 Å². The highest BCUT2D eigenvalue weighted by molar-refractivity contribution is 5.89. The first-order chi connectivity index (χ1) is 12.6. The molecule has 26 heavy (non-hydrogen) atoms. The minimum absolute atomic E-state index is 0.0674. The molecule has 3 rings (SSSR count). The van der Waals surface area contributed by atoms with Gasteiger partial charge in [0.25, 0.3) is 0 Å². The summed E-state index contributed by atoms with van der Waals surface area (Å²) in [5.74, 6) is -0.969. The van der Waals surface area contributed by atoms with Gasteiger partial charge in [-0.1, -0.05) is 30.3 Å². The van der Waals surface area contributed by atoms with Gasteiger partial charge in [-0.15, -0.1) is 5.10 Å². The van der Waals surface area contributed by atoms with E-state index in [4.69, 9.17) is 4.74 Å². The van der Waals surface area contributed by atoms with Crippen LogP contribution in [0.5, 0.6) is 0 Å². The van der Waals surface area contributed by atoms with Gasteiger partial charge in [0.2, 0.25) is 0 Å². The first kappa shape index (κ1) is 17.3. The quantitative estimate of drug-likeness (QED) is 0.657. The number of rotatable bonds is 5. The van der Waals surface area contributed by atoms with Crippen molar-refractivity contribution < 1.29 is 19.1 Å². The van der Waals surface area contributed by atoms with Crippen LogP contribution in [0.3, 0.4) is 0 Å². The van der Waals surface area contributed by atoms with Crippen LogP contribution < -0.4 is 0 Å². The summed E-state index contributed by atoms with van der Waals surface area (Å²) in [7, 11) is 1.32. The Bertz CT molecular complexity index is 918. The summed E-state index contributed by atoms with van der Waals surface area (Å²) in [5, 5.41) is 8.46. The van der Waals surface area contributed by atoms with Crippen LogP contribution in [0.4, 0.5) is 0 Å². The summed E-state index contributed by atoms with van der Waals surface area (Å²) < 4.78 is 9.94. The lowest BCUT2D eigenvalue weighted by atomic mass is 10.1. The Morgan fingerprint density at radius 2 is 1.65 bits per heavy atom. The fraction of sp³-hybridized carbons (Fsp3) is 0.158. The third kappa shape index (κ3) is 3.77. The molecular weight excluding hydrogens is 334 g/mol. The number of esters is 2. The van der Waals surface area contributed by atoms with E-state index in [-0.39, 0.29) is 12.3 Å². The molecule has 0 N–H and O–H groups in total. The number of ether oxygens (including phenoxy) is 2. The van der Waals surface area contributed by atoms with Crippen LogP contribution in [-0.2, 0) is 16.1 Å².